The predicted octanol–water partition coefficient (Wildman–Crippen LogP) is 0.0844. The lowest BCUT2D eigenvalue weighted by Crippen LogP contribution is -2.41. The SMILES string of the molecule is COC(=O)CNNC(=O)Cc1cccs1. The first-order valence-electron chi connectivity index (χ1n) is 4.33. The summed E-state index contributed by atoms with van der Waals surface area (Å²) in [4.78, 5) is 22.9. The summed E-state index contributed by atoms with van der Waals surface area (Å²) < 4.78 is 4.39. The van der Waals surface area contributed by atoms with Gasteiger partial charge >= 0.3 is 5.97 Å². The number of nitrogens with one attached hydrogen (secondary N) is 2. The van der Waals surface area contributed by atoms with Crippen molar-refractivity contribution in [1.29, 1.82) is 0 Å². The van der Waals surface area contributed by atoms with Gasteiger partial charge in [-0.15, -0.1) is 11.3 Å². The molecule has 6 heteroatoms. The maximum atomic E-state index is 11.3. The van der Waals surface area contributed by atoms with Gasteiger partial charge < -0.3 is 4.74 Å². The number of esters is 1. The molecule has 0 bridgehead atoms. The molecule has 0 saturated heterocycles. The molecule has 2 N–H and O–H groups in total. The van der Waals surface area contributed by atoms with Gasteiger partial charge in [-0.2, -0.15) is 0 Å². The number of carbonyl (C=O) groups excluding carboxylic acids is 2. The highest BCUT2D eigenvalue weighted by Gasteiger charge is 2.04. The first-order valence-corrected chi connectivity index (χ1v) is 5.21. The van der Waals surface area contributed by atoms with E-state index in [2.05, 4.69) is 15.6 Å². The standard InChI is InChI=1S/C9H12N2O3S/c1-14-9(13)6-10-11-8(12)5-7-3-2-4-15-7/h2-4,10H,5-6H2,1H3,(H,11,12). The highest BCUT2D eigenvalue weighted by molar-refractivity contribution is 7.10. The van der Waals surface area contributed by atoms with E-state index in [-0.39, 0.29) is 12.5 Å². The van der Waals surface area contributed by atoms with E-state index in [0.29, 0.717) is 6.42 Å². The van der Waals surface area contributed by atoms with Crippen LogP contribution in [0.15, 0.2) is 17.5 Å². The average Bonchev–Trinajstić information content (AvgIpc) is 2.70. The van der Waals surface area contributed by atoms with E-state index in [9.17, 15) is 9.59 Å². The second-order valence-electron chi connectivity index (χ2n) is 2.73. The predicted molar refractivity (Wildman–Crippen MR) is 56.2 cm³/mol. The van der Waals surface area contributed by atoms with Gasteiger partial charge in [0, 0.05) is 4.88 Å². The molecular weight excluding hydrogens is 216 g/mol. The number of carbonyl (C=O) groups is 2. The van der Waals surface area contributed by atoms with Crippen LogP contribution >= 0.6 is 11.3 Å². The van der Waals surface area contributed by atoms with Gasteiger partial charge in [-0.05, 0) is 11.4 Å². The highest BCUT2D eigenvalue weighted by Crippen LogP contribution is 2.08. The van der Waals surface area contributed by atoms with Gasteiger partial charge in [0.25, 0.3) is 0 Å². The lowest BCUT2D eigenvalue weighted by molar-refractivity contribution is -0.139. The Balaban J connectivity index is 2.17. The Labute approximate surface area is 91.4 Å². The summed E-state index contributed by atoms with van der Waals surface area (Å²) in [5.74, 6) is -0.604. The molecule has 0 aliphatic heterocycles. The summed E-state index contributed by atoms with van der Waals surface area (Å²) in [6.07, 6.45) is 0.311. The summed E-state index contributed by atoms with van der Waals surface area (Å²) in [7, 11) is 1.29. The zero-order valence-corrected chi connectivity index (χ0v) is 9.10. The number of rotatable bonds is 5. The van der Waals surface area contributed by atoms with Crippen molar-refractivity contribution in [3.63, 3.8) is 0 Å². The normalized spacial score (nSPS) is 9.67. The Kier molecular flexibility index (Phi) is 4.79. The fraction of sp³-hybridized carbons (Fsp3) is 0.333. The number of hydrogen-bond acceptors (Lipinski definition) is 5. The molecule has 0 fully saturated rings. The van der Waals surface area contributed by atoms with Crippen LogP contribution in [0.3, 0.4) is 0 Å². The molecule has 1 heterocycles. The van der Waals surface area contributed by atoms with Gasteiger partial charge in [0.1, 0.15) is 6.54 Å². The van der Waals surface area contributed by atoms with Crippen molar-refractivity contribution in [3.8, 4) is 0 Å². The Bertz CT molecular complexity index is 324. The number of hydrazine groups is 1. The summed E-state index contributed by atoms with van der Waals surface area (Å²) in [5.41, 5.74) is 4.88. The summed E-state index contributed by atoms with van der Waals surface area (Å²) in [6.45, 7) is -0.0350. The van der Waals surface area contributed by atoms with Crippen molar-refractivity contribution in [2.24, 2.45) is 0 Å². The van der Waals surface area contributed by atoms with Gasteiger partial charge in [-0.25, -0.2) is 5.43 Å². The van der Waals surface area contributed by atoms with Crippen LogP contribution in [-0.2, 0) is 20.7 Å². The first-order chi connectivity index (χ1) is 7.22. The van der Waals surface area contributed by atoms with Crippen molar-refractivity contribution in [2.45, 2.75) is 6.42 Å². The maximum absolute atomic E-state index is 11.3. The third-order valence-corrected chi connectivity index (χ3v) is 2.48. The zero-order valence-electron chi connectivity index (χ0n) is 8.28. The van der Waals surface area contributed by atoms with Gasteiger partial charge in [0.15, 0.2) is 0 Å². The molecule has 0 aromatic carbocycles. The molecular formula is C9H12N2O3S. The molecule has 1 rings (SSSR count). The molecule has 0 atom stereocenters. The third-order valence-electron chi connectivity index (χ3n) is 1.60. The minimum Gasteiger partial charge on any atom is -0.468 e. The van der Waals surface area contributed by atoms with E-state index in [1.807, 2.05) is 17.5 Å². The number of hydrogen-bond donors (Lipinski definition) is 2. The van der Waals surface area contributed by atoms with Crippen LogP contribution in [0.4, 0.5) is 0 Å². The van der Waals surface area contributed by atoms with Crippen LogP contribution in [0.25, 0.3) is 0 Å². The van der Waals surface area contributed by atoms with Crippen LogP contribution in [0.5, 0.6) is 0 Å². The largest absolute Gasteiger partial charge is 0.468 e. The number of amides is 1. The van der Waals surface area contributed by atoms with Gasteiger partial charge in [-0.1, -0.05) is 6.07 Å². The topological polar surface area (TPSA) is 67.4 Å². The summed E-state index contributed by atoms with van der Waals surface area (Å²) in [6, 6.07) is 3.76. The van der Waals surface area contributed by atoms with Crippen LogP contribution < -0.4 is 10.9 Å². The molecule has 82 valence electrons. The van der Waals surface area contributed by atoms with Crippen molar-refractivity contribution in [3.05, 3.63) is 22.4 Å². The van der Waals surface area contributed by atoms with E-state index >= 15 is 0 Å². The smallest absolute Gasteiger partial charge is 0.321 e. The van der Waals surface area contributed by atoms with Crippen molar-refractivity contribution in [2.75, 3.05) is 13.7 Å². The quantitative estimate of drug-likeness (QED) is 0.553. The maximum Gasteiger partial charge on any atom is 0.321 e. The minimum atomic E-state index is -0.425. The van der Waals surface area contributed by atoms with E-state index in [1.54, 1.807) is 0 Å². The summed E-state index contributed by atoms with van der Waals surface area (Å²) in [5, 5.41) is 1.91. The van der Waals surface area contributed by atoms with Gasteiger partial charge in [0.2, 0.25) is 5.91 Å². The monoisotopic (exact) mass is 228 g/mol. The fourth-order valence-corrected chi connectivity index (χ4v) is 1.61. The van der Waals surface area contributed by atoms with Crippen LogP contribution in [0.1, 0.15) is 4.88 Å². The first kappa shape index (κ1) is 11.7. The third kappa shape index (κ3) is 4.57. The van der Waals surface area contributed by atoms with Crippen LogP contribution in [-0.4, -0.2) is 25.5 Å². The highest BCUT2D eigenvalue weighted by atomic mass is 32.1. The number of thiophene rings is 1. The Morgan fingerprint density at radius 2 is 2.33 bits per heavy atom. The second-order valence-corrected chi connectivity index (χ2v) is 3.77. The van der Waals surface area contributed by atoms with Crippen LogP contribution in [0.2, 0.25) is 0 Å². The molecule has 0 aliphatic carbocycles. The van der Waals surface area contributed by atoms with E-state index < -0.39 is 5.97 Å². The number of ether oxygens (including phenoxy) is 1. The molecule has 1 amide bonds. The number of methoxy groups -OCH3 is 1. The fourth-order valence-electron chi connectivity index (χ4n) is 0.903. The molecule has 0 aliphatic rings. The zero-order chi connectivity index (χ0) is 11.1. The molecule has 0 radical (unpaired) electrons. The summed E-state index contributed by atoms with van der Waals surface area (Å²) >= 11 is 1.52. The van der Waals surface area contributed by atoms with Gasteiger partial charge in [0.05, 0.1) is 13.5 Å². The van der Waals surface area contributed by atoms with Gasteiger partial charge in [-0.3, -0.25) is 15.0 Å². The van der Waals surface area contributed by atoms with E-state index in [0.717, 1.165) is 4.88 Å². The van der Waals surface area contributed by atoms with Crippen LogP contribution in [0, 0.1) is 0 Å². The van der Waals surface area contributed by atoms with Crippen molar-refractivity contribution in [1.82, 2.24) is 10.9 Å². The lowest BCUT2D eigenvalue weighted by atomic mass is 10.3. The van der Waals surface area contributed by atoms with Crippen molar-refractivity contribution >= 4 is 23.2 Å². The Morgan fingerprint density at radius 3 is 2.93 bits per heavy atom. The average molecular weight is 228 g/mol. The minimum absolute atomic E-state index is 0.0350. The van der Waals surface area contributed by atoms with E-state index in [1.165, 1.54) is 18.4 Å². The molecule has 0 unspecified atom stereocenters. The second kappa shape index (κ2) is 6.15. The lowest BCUT2D eigenvalue weighted by Gasteiger charge is -2.04. The molecule has 1 aromatic heterocycles. The Morgan fingerprint density at radius 1 is 1.53 bits per heavy atom. The molecule has 0 spiro atoms. The van der Waals surface area contributed by atoms with Crippen molar-refractivity contribution < 1.29 is 14.3 Å². The van der Waals surface area contributed by atoms with E-state index in [4.69, 9.17) is 0 Å². The Hall–Kier alpha value is -1.40. The molecule has 15 heavy (non-hydrogen) atoms. The molecule has 1 aromatic rings. The molecule has 5 nitrogen and oxygen atoms in total. The molecule has 0 saturated carbocycles.